The first-order chi connectivity index (χ1) is 24.3. The number of carboxylic acid groups (broad SMARTS) is 1. The SMILES string of the molecule is CCCN(C=O)Cc1nc(-c2ccc(-c3ccc(-c4cnc(C(CCCNC)C(NC(=O)O)C(C)C)[nH]4)cc3)cc2)c(CC2OCCCO2)[nH]1. The van der Waals surface area contributed by atoms with Gasteiger partial charge in [-0.3, -0.25) is 4.79 Å². The lowest BCUT2D eigenvalue weighted by atomic mass is 9.86. The van der Waals surface area contributed by atoms with Crippen LogP contribution >= 0.6 is 0 Å². The van der Waals surface area contributed by atoms with Crippen molar-refractivity contribution in [2.45, 2.75) is 77.7 Å². The zero-order valence-corrected chi connectivity index (χ0v) is 29.6. The van der Waals surface area contributed by atoms with Gasteiger partial charge in [0, 0.05) is 36.2 Å². The van der Waals surface area contributed by atoms with Crippen molar-refractivity contribution in [3.8, 4) is 33.6 Å². The number of nitrogens with one attached hydrogen (secondary N) is 4. The Bertz CT molecular complexity index is 1640. The van der Waals surface area contributed by atoms with Crippen LogP contribution in [0, 0.1) is 5.92 Å². The number of amides is 2. The van der Waals surface area contributed by atoms with Gasteiger partial charge >= 0.3 is 6.09 Å². The Kier molecular flexibility index (Phi) is 13.2. The van der Waals surface area contributed by atoms with Crippen LogP contribution in [0.2, 0.25) is 0 Å². The van der Waals surface area contributed by atoms with Crippen LogP contribution in [0.15, 0.2) is 54.7 Å². The average Bonchev–Trinajstić information content (AvgIpc) is 3.77. The maximum Gasteiger partial charge on any atom is 0.404 e. The standard InChI is InChI=1S/C38H51N7O5/c1-5-18-45(24-46)23-33-41-31(21-34-49-19-7-20-50-34)36(43-33)29-15-11-27(12-16-29)26-9-13-28(14-10-26)32-22-40-37(42-32)30(8-6-17-39-4)35(25(2)3)44-38(47)48/h9-16,22,24-25,30,34-35,39,44H,5-8,17-21,23H2,1-4H3,(H,40,42)(H,41,43)(H,47,48). The molecule has 5 N–H and O–H groups in total. The van der Waals surface area contributed by atoms with Crippen LogP contribution < -0.4 is 10.6 Å². The molecule has 12 nitrogen and oxygen atoms in total. The summed E-state index contributed by atoms with van der Waals surface area (Å²) in [5.74, 6) is 1.54. The number of hydrogen-bond acceptors (Lipinski definition) is 7. The Labute approximate surface area is 294 Å². The highest BCUT2D eigenvalue weighted by Gasteiger charge is 2.29. The van der Waals surface area contributed by atoms with E-state index in [0.29, 0.717) is 32.7 Å². The molecule has 0 aliphatic carbocycles. The van der Waals surface area contributed by atoms with Crippen molar-refractivity contribution < 1.29 is 24.2 Å². The van der Waals surface area contributed by atoms with Crippen molar-refractivity contribution in [2.75, 3.05) is 33.4 Å². The van der Waals surface area contributed by atoms with Crippen LogP contribution in [0.25, 0.3) is 33.6 Å². The van der Waals surface area contributed by atoms with Gasteiger partial charge in [-0.2, -0.15) is 0 Å². The number of imidazole rings is 2. The fourth-order valence-corrected chi connectivity index (χ4v) is 6.59. The molecule has 0 saturated carbocycles. The van der Waals surface area contributed by atoms with E-state index in [4.69, 9.17) is 19.4 Å². The minimum Gasteiger partial charge on any atom is -0.465 e. The molecule has 2 aromatic heterocycles. The number of aromatic amines is 2. The molecule has 0 bridgehead atoms. The van der Waals surface area contributed by atoms with Gasteiger partial charge in [0.05, 0.1) is 37.3 Å². The fourth-order valence-electron chi connectivity index (χ4n) is 6.59. The Morgan fingerprint density at radius 2 is 1.70 bits per heavy atom. The molecule has 3 heterocycles. The normalized spacial score (nSPS) is 14.8. The Morgan fingerprint density at radius 3 is 2.30 bits per heavy atom. The Morgan fingerprint density at radius 1 is 1.04 bits per heavy atom. The van der Waals surface area contributed by atoms with Crippen molar-refractivity contribution in [3.63, 3.8) is 0 Å². The average molecular weight is 686 g/mol. The molecule has 2 atom stereocenters. The predicted molar refractivity (Wildman–Crippen MR) is 194 cm³/mol. The molecule has 12 heteroatoms. The van der Waals surface area contributed by atoms with Crippen molar-refractivity contribution in [1.29, 1.82) is 0 Å². The van der Waals surface area contributed by atoms with E-state index in [9.17, 15) is 14.7 Å². The van der Waals surface area contributed by atoms with Crippen LogP contribution in [0.1, 0.15) is 69.7 Å². The number of carbonyl (C=O) groups is 2. The predicted octanol–water partition coefficient (Wildman–Crippen LogP) is 6.18. The smallest absolute Gasteiger partial charge is 0.404 e. The number of ether oxygens (including phenoxy) is 2. The summed E-state index contributed by atoms with van der Waals surface area (Å²) in [6, 6.07) is 16.4. The van der Waals surface area contributed by atoms with Crippen molar-refractivity contribution >= 4 is 12.5 Å². The summed E-state index contributed by atoms with van der Waals surface area (Å²) >= 11 is 0. The first-order valence-electron chi connectivity index (χ1n) is 17.7. The van der Waals surface area contributed by atoms with Crippen molar-refractivity contribution in [2.24, 2.45) is 5.92 Å². The number of carbonyl (C=O) groups excluding carboxylic acids is 1. The molecular formula is C38H51N7O5. The van der Waals surface area contributed by atoms with Gasteiger partial charge in [0.2, 0.25) is 6.41 Å². The van der Waals surface area contributed by atoms with Gasteiger partial charge in [-0.15, -0.1) is 0 Å². The summed E-state index contributed by atoms with van der Waals surface area (Å²) in [6.45, 7) is 9.38. The first-order valence-corrected chi connectivity index (χ1v) is 17.7. The van der Waals surface area contributed by atoms with Gasteiger partial charge in [0.1, 0.15) is 11.6 Å². The van der Waals surface area contributed by atoms with E-state index in [-0.39, 0.29) is 24.2 Å². The second-order valence-corrected chi connectivity index (χ2v) is 13.2. The van der Waals surface area contributed by atoms with Crippen molar-refractivity contribution in [3.05, 3.63) is 72.1 Å². The highest BCUT2D eigenvalue weighted by atomic mass is 16.7. The second-order valence-electron chi connectivity index (χ2n) is 13.2. The third-order valence-electron chi connectivity index (χ3n) is 9.13. The van der Waals surface area contributed by atoms with E-state index in [1.165, 1.54) is 0 Å². The summed E-state index contributed by atoms with van der Waals surface area (Å²) in [7, 11) is 1.92. The third kappa shape index (κ3) is 9.58. The van der Waals surface area contributed by atoms with Crippen LogP contribution in [0.5, 0.6) is 0 Å². The molecule has 0 radical (unpaired) electrons. The molecule has 50 heavy (non-hydrogen) atoms. The molecule has 268 valence electrons. The summed E-state index contributed by atoms with van der Waals surface area (Å²) in [4.78, 5) is 41.5. The zero-order valence-electron chi connectivity index (χ0n) is 29.6. The topological polar surface area (TPSA) is 157 Å². The molecule has 2 aromatic carbocycles. The van der Waals surface area contributed by atoms with E-state index in [1.54, 1.807) is 4.90 Å². The van der Waals surface area contributed by atoms with Crippen LogP contribution in [0.4, 0.5) is 4.79 Å². The van der Waals surface area contributed by atoms with E-state index in [2.05, 4.69) is 69.1 Å². The lowest BCUT2D eigenvalue weighted by molar-refractivity contribution is -0.177. The van der Waals surface area contributed by atoms with Crippen molar-refractivity contribution in [1.82, 2.24) is 35.5 Å². The fraction of sp³-hybridized carbons (Fsp3) is 0.474. The van der Waals surface area contributed by atoms with Gasteiger partial charge in [0.15, 0.2) is 6.29 Å². The molecule has 0 spiro atoms. The largest absolute Gasteiger partial charge is 0.465 e. The van der Waals surface area contributed by atoms with E-state index < -0.39 is 6.09 Å². The monoisotopic (exact) mass is 685 g/mol. The van der Waals surface area contributed by atoms with Gasteiger partial charge in [-0.25, -0.2) is 14.8 Å². The zero-order chi connectivity index (χ0) is 35.5. The Hall–Kier alpha value is -4.52. The highest BCUT2D eigenvalue weighted by Crippen LogP contribution is 2.32. The van der Waals surface area contributed by atoms with Gasteiger partial charge in [0.25, 0.3) is 0 Å². The van der Waals surface area contributed by atoms with Gasteiger partial charge < -0.3 is 40.1 Å². The number of nitrogens with zero attached hydrogens (tertiary/aromatic N) is 3. The molecule has 4 aromatic rings. The minimum atomic E-state index is -1.02. The number of aromatic nitrogens is 4. The van der Waals surface area contributed by atoms with Gasteiger partial charge in [-0.05, 0) is 61.9 Å². The van der Waals surface area contributed by atoms with Crippen LogP contribution in [0.3, 0.4) is 0 Å². The molecule has 1 aliphatic heterocycles. The molecule has 1 fully saturated rings. The second kappa shape index (κ2) is 17.9. The molecule has 1 aliphatic rings. The molecule has 5 rings (SSSR count). The van der Waals surface area contributed by atoms with E-state index >= 15 is 0 Å². The molecule has 2 unspecified atom stereocenters. The third-order valence-corrected chi connectivity index (χ3v) is 9.13. The summed E-state index contributed by atoms with van der Waals surface area (Å²) in [5.41, 5.74) is 6.76. The quantitative estimate of drug-likeness (QED) is 0.0614. The van der Waals surface area contributed by atoms with E-state index in [0.717, 1.165) is 89.6 Å². The minimum absolute atomic E-state index is 0.0832. The number of hydrogen-bond donors (Lipinski definition) is 5. The lowest BCUT2D eigenvalue weighted by Crippen LogP contribution is -2.42. The Balaban J connectivity index is 1.33. The summed E-state index contributed by atoms with van der Waals surface area (Å²) in [6.07, 6.45) is 5.34. The number of benzene rings is 2. The number of rotatable bonds is 18. The summed E-state index contributed by atoms with van der Waals surface area (Å²) in [5, 5.41) is 15.4. The lowest BCUT2D eigenvalue weighted by Gasteiger charge is -2.29. The molecule has 1 saturated heterocycles. The molecule has 2 amide bonds. The molecular weight excluding hydrogens is 634 g/mol. The maximum atomic E-state index is 11.6. The number of H-pyrrole nitrogens is 2. The van der Waals surface area contributed by atoms with Crippen LogP contribution in [-0.4, -0.2) is 88.1 Å². The van der Waals surface area contributed by atoms with Crippen LogP contribution in [-0.2, 0) is 27.2 Å². The van der Waals surface area contributed by atoms with Gasteiger partial charge in [-0.1, -0.05) is 69.3 Å². The highest BCUT2D eigenvalue weighted by molar-refractivity contribution is 5.72. The maximum absolute atomic E-state index is 11.6. The van der Waals surface area contributed by atoms with E-state index in [1.807, 2.05) is 34.0 Å². The summed E-state index contributed by atoms with van der Waals surface area (Å²) < 4.78 is 11.7. The first kappa shape index (κ1) is 36.8.